The molecule has 130 valence electrons. The third-order valence-corrected chi connectivity index (χ3v) is 4.42. The van der Waals surface area contributed by atoms with Crippen molar-refractivity contribution in [2.45, 2.75) is 6.10 Å². The van der Waals surface area contributed by atoms with Crippen LogP contribution in [0.5, 0.6) is 11.5 Å². The number of nitrogens with two attached hydrogens (primary N) is 1. The number of allylic oxidation sites excluding steroid dienone is 1. The number of aromatic carboxylic acids is 1. The molecule has 0 fully saturated rings. The fourth-order valence-electron chi connectivity index (χ4n) is 3.31. The Morgan fingerprint density at radius 2 is 1.92 bits per heavy atom. The van der Waals surface area contributed by atoms with Gasteiger partial charge in [-0.3, -0.25) is 0 Å². The maximum absolute atomic E-state index is 11.8. The van der Waals surface area contributed by atoms with Crippen LogP contribution < -0.4 is 10.5 Å². The molecule has 26 heavy (non-hydrogen) atoms. The lowest BCUT2D eigenvalue weighted by atomic mass is 9.83. The number of aromatic hydroxyl groups is 1. The molecule has 0 radical (unpaired) electrons. The topological polar surface area (TPSA) is 113 Å². The van der Waals surface area contributed by atoms with Crippen LogP contribution in [-0.2, 0) is 0 Å². The number of aliphatic hydroxyl groups excluding tert-OH is 1. The summed E-state index contributed by atoms with van der Waals surface area (Å²) in [5.41, 5.74) is 8.83. The van der Waals surface area contributed by atoms with Crippen molar-refractivity contribution in [2.75, 3.05) is 5.73 Å². The number of phenolic OH excluding ortho intramolecular Hbond substituents is 1. The third kappa shape index (κ3) is 2.39. The van der Waals surface area contributed by atoms with Gasteiger partial charge in [-0.15, -0.1) is 0 Å². The van der Waals surface area contributed by atoms with E-state index in [1.807, 2.05) is 0 Å². The van der Waals surface area contributed by atoms with Crippen molar-refractivity contribution in [1.29, 1.82) is 0 Å². The van der Waals surface area contributed by atoms with E-state index >= 15 is 0 Å². The monoisotopic (exact) mass is 349 g/mol. The standard InChI is InChI=1S/C20H15NO5/c21-15-3-1-2-14(20(24)25)19(15)18-12-6-4-10(22)8-16(12)26-17-9-11(23)5-7-13(17)18/h1-9,16,22-23H,21H2,(H,24,25). The highest BCUT2D eigenvalue weighted by Crippen LogP contribution is 2.45. The highest BCUT2D eigenvalue weighted by molar-refractivity contribution is 6.02. The molecule has 1 aliphatic carbocycles. The molecule has 0 spiro atoms. The SMILES string of the molecule is Nc1cccc(C(=O)O)c1C1=C2C=CC(O)=CC2Oc2cc(O)ccc21. The maximum atomic E-state index is 11.8. The van der Waals surface area contributed by atoms with E-state index in [1.54, 1.807) is 24.3 Å². The highest BCUT2D eigenvalue weighted by Gasteiger charge is 2.32. The van der Waals surface area contributed by atoms with Gasteiger partial charge in [0.25, 0.3) is 0 Å². The number of benzene rings is 2. The van der Waals surface area contributed by atoms with Gasteiger partial charge in [0.2, 0.25) is 0 Å². The molecule has 5 N–H and O–H groups in total. The molecule has 0 saturated carbocycles. The van der Waals surface area contributed by atoms with Gasteiger partial charge in [0, 0.05) is 40.1 Å². The van der Waals surface area contributed by atoms with Crippen LogP contribution in [0, 0.1) is 0 Å². The number of hydrogen-bond donors (Lipinski definition) is 4. The number of carboxylic acids is 1. The van der Waals surface area contributed by atoms with Crippen molar-refractivity contribution in [3.63, 3.8) is 0 Å². The summed E-state index contributed by atoms with van der Waals surface area (Å²) < 4.78 is 5.89. The number of carboxylic acid groups (broad SMARTS) is 1. The van der Waals surface area contributed by atoms with Crippen LogP contribution in [-0.4, -0.2) is 27.4 Å². The van der Waals surface area contributed by atoms with Crippen molar-refractivity contribution in [3.8, 4) is 11.5 Å². The summed E-state index contributed by atoms with van der Waals surface area (Å²) in [6.45, 7) is 0. The highest BCUT2D eigenvalue weighted by atomic mass is 16.5. The van der Waals surface area contributed by atoms with Gasteiger partial charge in [-0.1, -0.05) is 12.1 Å². The van der Waals surface area contributed by atoms with Crippen molar-refractivity contribution in [1.82, 2.24) is 0 Å². The van der Waals surface area contributed by atoms with E-state index in [1.165, 1.54) is 30.4 Å². The van der Waals surface area contributed by atoms with Gasteiger partial charge >= 0.3 is 5.97 Å². The van der Waals surface area contributed by atoms with E-state index in [0.29, 0.717) is 33.7 Å². The molecule has 0 amide bonds. The number of phenols is 1. The molecular weight excluding hydrogens is 334 g/mol. The van der Waals surface area contributed by atoms with Gasteiger partial charge in [-0.05, 0) is 30.3 Å². The molecule has 0 aromatic heterocycles. The van der Waals surface area contributed by atoms with Gasteiger partial charge in [0.05, 0.1) is 5.56 Å². The van der Waals surface area contributed by atoms with Gasteiger partial charge in [-0.2, -0.15) is 0 Å². The molecule has 0 saturated heterocycles. The zero-order valence-electron chi connectivity index (χ0n) is 13.5. The first-order chi connectivity index (χ1) is 12.5. The number of rotatable bonds is 2. The first-order valence-corrected chi connectivity index (χ1v) is 7.91. The molecule has 1 atom stereocenters. The molecule has 4 rings (SSSR count). The van der Waals surface area contributed by atoms with Crippen LogP contribution >= 0.6 is 0 Å². The van der Waals surface area contributed by atoms with Crippen LogP contribution in [0.25, 0.3) is 5.57 Å². The first kappa shape index (κ1) is 15.8. The minimum Gasteiger partial charge on any atom is -0.508 e. The average molecular weight is 349 g/mol. The van der Waals surface area contributed by atoms with E-state index in [-0.39, 0.29) is 17.1 Å². The number of hydrogen-bond acceptors (Lipinski definition) is 5. The molecule has 0 bridgehead atoms. The Bertz CT molecular complexity index is 1030. The predicted molar refractivity (Wildman–Crippen MR) is 96.2 cm³/mol. The fourth-order valence-corrected chi connectivity index (χ4v) is 3.31. The van der Waals surface area contributed by atoms with E-state index < -0.39 is 12.1 Å². The Labute approximate surface area is 148 Å². The lowest BCUT2D eigenvalue weighted by molar-refractivity contribution is 0.0696. The summed E-state index contributed by atoms with van der Waals surface area (Å²) >= 11 is 0. The fraction of sp³-hybridized carbons (Fsp3) is 0.0500. The van der Waals surface area contributed by atoms with Crippen molar-refractivity contribution < 1.29 is 24.9 Å². The third-order valence-electron chi connectivity index (χ3n) is 4.42. The van der Waals surface area contributed by atoms with Gasteiger partial charge in [0.1, 0.15) is 23.4 Å². The zero-order chi connectivity index (χ0) is 18.4. The maximum Gasteiger partial charge on any atom is 0.336 e. The lowest BCUT2D eigenvalue weighted by Crippen LogP contribution is -2.25. The average Bonchev–Trinajstić information content (AvgIpc) is 2.59. The summed E-state index contributed by atoms with van der Waals surface area (Å²) in [5, 5.41) is 29.2. The van der Waals surface area contributed by atoms with Crippen molar-refractivity contribution in [3.05, 3.63) is 82.6 Å². The Kier molecular flexibility index (Phi) is 3.47. The summed E-state index contributed by atoms with van der Waals surface area (Å²) in [6, 6.07) is 9.33. The lowest BCUT2D eigenvalue weighted by Gasteiger charge is -2.31. The van der Waals surface area contributed by atoms with E-state index in [9.17, 15) is 20.1 Å². The Hall–Kier alpha value is -3.67. The second kappa shape index (κ2) is 5.70. The number of nitrogen functional groups attached to an aromatic ring is 1. The van der Waals surface area contributed by atoms with Gasteiger partial charge in [0.15, 0.2) is 0 Å². The predicted octanol–water partition coefficient (Wildman–Crippen LogP) is 3.25. The van der Waals surface area contributed by atoms with Gasteiger partial charge in [-0.25, -0.2) is 4.79 Å². The van der Waals surface area contributed by atoms with E-state index in [2.05, 4.69) is 0 Å². The number of ether oxygens (including phenoxy) is 1. The molecular formula is C20H15NO5. The second-order valence-corrected chi connectivity index (χ2v) is 6.05. The number of aliphatic hydroxyl groups is 1. The van der Waals surface area contributed by atoms with Crippen LogP contribution in [0.3, 0.4) is 0 Å². The molecule has 2 aromatic rings. The Morgan fingerprint density at radius 1 is 1.12 bits per heavy atom. The summed E-state index contributed by atoms with van der Waals surface area (Å²) in [7, 11) is 0. The molecule has 1 unspecified atom stereocenters. The zero-order valence-corrected chi connectivity index (χ0v) is 13.5. The normalized spacial score (nSPS) is 17.8. The smallest absolute Gasteiger partial charge is 0.336 e. The second-order valence-electron chi connectivity index (χ2n) is 6.05. The Balaban J connectivity index is 2.08. The van der Waals surface area contributed by atoms with Crippen LogP contribution in [0.2, 0.25) is 0 Å². The van der Waals surface area contributed by atoms with Crippen molar-refractivity contribution >= 4 is 17.2 Å². The Morgan fingerprint density at radius 3 is 2.69 bits per heavy atom. The minimum absolute atomic E-state index is 0.0191. The summed E-state index contributed by atoms with van der Waals surface area (Å²) in [6.07, 6.45) is 4.09. The first-order valence-electron chi connectivity index (χ1n) is 7.91. The van der Waals surface area contributed by atoms with Crippen LogP contribution in [0.15, 0.2) is 66.0 Å². The molecule has 2 aliphatic rings. The van der Waals surface area contributed by atoms with Crippen LogP contribution in [0.1, 0.15) is 21.5 Å². The molecule has 2 aromatic carbocycles. The molecule has 1 heterocycles. The van der Waals surface area contributed by atoms with Crippen LogP contribution in [0.4, 0.5) is 5.69 Å². The largest absolute Gasteiger partial charge is 0.508 e. The number of anilines is 1. The minimum atomic E-state index is -1.10. The molecule has 6 heteroatoms. The molecule has 6 nitrogen and oxygen atoms in total. The number of carbonyl (C=O) groups is 1. The van der Waals surface area contributed by atoms with Gasteiger partial charge < -0.3 is 25.8 Å². The quantitative estimate of drug-likeness (QED) is 0.619. The number of fused-ring (bicyclic) bond motifs is 2. The molecule has 1 aliphatic heterocycles. The van der Waals surface area contributed by atoms with Crippen molar-refractivity contribution in [2.24, 2.45) is 0 Å². The van der Waals surface area contributed by atoms with E-state index in [0.717, 1.165) is 0 Å². The van der Waals surface area contributed by atoms with E-state index in [4.69, 9.17) is 10.5 Å². The summed E-state index contributed by atoms with van der Waals surface area (Å²) in [5.74, 6) is -0.651. The summed E-state index contributed by atoms with van der Waals surface area (Å²) in [4.78, 5) is 11.8.